The number of benzene rings is 1. The lowest BCUT2D eigenvalue weighted by molar-refractivity contribution is 0.0370. The van der Waals surface area contributed by atoms with E-state index in [-0.39, 0.29) is 5.69 Å². The van der Waals surface area contributed by atoms with Crippen molar-refractivity contribution in [3.63, 3.8) is 0 Å². The highest BCUT2D eigenvalue weighted by Crippen LogP contribution is 2.28. The maximum Gasteiger partial charge on any atom is 0.359 e. The van der Waals surface area contributed by atoms with Crippen LogP contribution in [0, 0.1) is 6.92 Å². The van der Waals surface area contributed by atoms with Crippen molar-refractivity contribution in [3.05, 3.63) is 76.3 Å². The Bertz CT molecular complexity index is 743. The number of esters is 1. The molecule has 2 heterocycles. The Hall–Kier alpha value is -2.60. The fourth-order valence-electron chi connectivity index (χ4n) is 1.92. The minimum atomic E-state index is -0.545. The summed E-state index contributed by atoms with van der Waals surface area (Å²) in [5, 5.41) is 2.57. The van der Waals surface area contributed by atoms with Crippen molar-refractivity contribution < 1.29 is 9.53 Å². The largest absolute Gasteiger partial charge is 0.445 e. The molecule has 0 fully saturated rings. The van der Waals surface area contributed by atoms with Gasteiger partial charge in [-0.25, -0.2) is 14.8 Å². The Kier molecular flexibility index (Phi) is 4.20. The number of carbonyl (C=O) groups is 1. The maximum atomic E-state index is 12.3. The van der Waals surface area contributed by atoms with Gasteiger partial charge in [0, 0.05) is 17.8 Å². The van der Waals surface area contributed by atoms with Crippen molar-refractivity contribution in [3.8, 4) is 0 Å². The molecular formula is C16H13N3O2S. The smallest absolute Gasteiger partial charge is 0.359 e. The van der Waals surface area contributed by atoms with Crippen molar-refractivity contribution in [2.24, 2.45) is 0 Å². The normalized spacial score (nSPS) is 11.9. The van der Waals surface area contributed by atoms with Crippen molar-refractivity contribution in [1.29, 1.82) is 0 Å². The molecule has 0 unspecified atom stereocenters. The van der Waals surface area contributed by atoms with E-state index in [1.165, 1.54) is 23.7 Å². The minimum absolute atomic E-state index is 0.183. The number of carbonyl (C=O) groups excluding carboxylic acids is 1. The number of aryl methyl sites for hydroxylation is 1. The van der Waals surface area contributed by atoms with E-state index in [0.717, 1.165) is 16.3 Å². The van der Waals surface area contributed by atoms with Crippen molar-refractivity contribution >= 4 is 17.3 Å². The molecule has 0 aliphatic heterocycles. The van der Waals surface area contributed by atoms with Crippen LogP contribution in [0.4, 0.5) is 0 Å². The number of nitrogens with zero attached hydrogens (tertiary/aromatic N) is 3. The molecule has 0 radical (unpaired) electrons. The molecule has 0 N–H and O–H groups in total. The van der Waals surface area contributed by atoms with Gasteiger partial charge in [0.2, 0.25) is 0 Å². The Balaban J connectivity index is 1.87. The first kappa shape index (κ1) is 14.3. The van der Waals surface area contributed by atoms with Crippen LogP contribution in [0.15, 0.2) is 54.3 Å². The van der Waals surface area contributed by atoms with Crippen LogP contribution in [0.1, 0.15) is 32.9 Å². The molecule has 0 aliphatic rings. The highest BCUT2D eigenvalue weighted by Gasteiger charge is 2.22. The summed E-state index contributed by atoms with van der Waals surface area (Å²) in [6.07, 6.45) is 4.10. The molecule has 3 rings (SSSR count). The lowest BCUT2D eigenvalue weighted by atomic mass is 10.1. The molecule has 0 saturated carbocycles. The number of hydrogen-bond donors (Lipinski definition) is 0. The summed E-state index contributed by atoms with van der Waals surface area (Å²) in [5.41, 5.74) is 1.80. The second kappa shape index (κ2) is 6.44. The van der Waals surface area contributed by atoms with Gasteiger partial charge in [-0.15, -0.1) is 11.3 Å². The zero-order valence-electron chi connectivity index (χ0n) is 11.8. The van der Waals surface area contributed by atoms with E-state index in [2.05, 4.69) is 15.0 Å². The molecule has 1 aromatic carbocycles. The quantitative estimate of drug-likeness (QED) is 0.692. The first-order valence-electron chi connectivity index (χ1n) is 6.68. The van der Waals surface area contributed by atoms with Gasteiger partial charge in [-0.2, -0.15) is 0 Å². The predicted molar refractivity (Wildman–Crippen MR) is 82.6 cm³/mol. The fraction of sp³-hybridized carbons (Fsp3) is 0.125. The molecule has 22 heavy (non-hydrogen) atoms. The first-order chi connectivity index (χ1) is 10.7. The maximum absolute atomic E-state index is 12.3. The molecule has 110 valence electrons. The average Bonchev–Trinajstić information content (AvgIpc) is 3.08. The monoisotopic (exact) mass is 311 g/mol. The molecule has 0 amide bonds. The summed E-state index contributed by atoms with van der Waals surface area (Å²) < 4.78 is 5.61. The molecule has 5 nitrogen and oxygen atoms in total. The third-order valence-electron chi connectivity index (χ3n) is 2.99. The summed E-state index contributed by atoms with van der Waals surface area (Å²) >= 11 is 1.44. The van der Waals surface area contributed by atoms with E-state index >= 15 is 0 Å². The molecule has 0 saturated heterocycles. The topological polar surface area (TPSA) is 65.0 Å². The lowest BCUT2D eigenvalue weighted by Gasteiger charge is -2.15. The highest BCUT2D eigenvalue weighted by atomic mass is 32.1. The van der Waals surface area contributed by atoms with Crippen LogP contribution in [-0.4, -0.2) is 20.9 Å². The fourth-order valence-corrected chi connectivity index (χ4v) is 2.61. The first-order valence-corrected chi connectivity index (χ1v) is 7.56. The number of rotatable bonds is 4. The third kappa shape index (κ3) is 3.17. The predicted octanol–water partition coefficient (Wildman–Crippen LogP) is 3.19. The summed E-state index contributed by atoms with van der Waals surface area (Å²) in [7, 11) is 0. The molecule has 2 aromatic heterocycles. The van der Waals surface area contributed by atoms with E-state index in [1.54, 1.807) is 6.20 Å². The molecule has 1 atom stereocenters. The minimum Gasteiger partial charge on any atom is -0.445 e. The standard InChI is InChI=1S/C16H13N3O2S/c1-11-9-19-13(10-18-11)16(20)21-14(15-17-7-8-22-15)12-5-3-2-4-6-12/h2-10,14H,1H3/t14-/m1/s1. The lowest BCUT2D eigenvalue weighted by Crippen LogP contribution is -2.14. The second-order valence-corrected chi connectivity index (χ2v) is 5.54. The molecule has 0 aliphatic carbocycles. The van der Waals surface area contributed by atoms with Gasteiger partial charge >= 0.3 is 5.97 Å². The van der Waals surface area contributed by atoms with Crippen LogP contribution >= 0.6 is 11.3 Å². The van der Waals surface area contributed by atoms with E-state index in [9.17, 15) is 4.79 Å². The van der Waals surface area contributed by atoms with Crippen LogP contribution in [0.2, 0.25) is 0 Å². The Labute approximate surface area is 131 Å². The van der Waals surface area contributed by atoms with Crippen molar-refractivity contribution in [1.82, 2.24) is 15.0 Å². The van der Waals surface area contributed by atoms with Gasteiger partial charge in [0.15, 0.2) is 11.8 Å². The van der Waals surface area contributed by atoms with Gasteiger partial charge in [0.1, 0.15) is 5.01 Å². The van der Waals surface area contributed by atoms with Crippen molar-refractivity contribution in [2.75, 3.05) is 0 Å². The average molecular weight is 311 g/mol. The number of hydrogen-bond acceptors (Lipinski definition) is 6. The zero-order chi connectivity index (χ0) is 15.4. The molecule has 3 aromatic rings. The molecule has 0 spiro atoms. The highest BCUT2D eigenvalue weighted by molar-refractivity contribution is 7.09. The Morgan fingerprint density at radius 1 is 1.14 bits per heavy atom. The van der Waals surface area contributed by atoms with Gasteiger partial charge in [0.05, 0.1) is 11.9 Å². The van der Waals surface area contributed by atoms with E-state index in [4.69, 9.17) is 4.74 Å². The second-order valence-electron chi connectivity index (χ2n) is 4.61. The molecule has 6 heteroatoms. The van der Waals surface area contributed by atoms with E-state index in [0.29, 0.717) is 0 Å². The summed E-state index contributed by atoms with van der Waals surface area (Å²) in [6, 6.07) is 9.51. The van der Waals surface area contributed by atoms with E-state index < -0.39 is 12.1 Å². The van der Waals surface area contributed by atoms with Crippen LogP contribution in [0.5, 0.6) is 0 Å². The van der Waals surface area contributed by atoms with Gasteiger partial charge in [-0.3, -0.25) is 4.98 Å². The zero-order valence-corrected chi connectivity index (χ0v) is 12.7. The SMILES string of the molecule is Cc1cnc(C(=O)O[C@H](c2ccccc2)c2nccs2)cn1. The number of thiazole rings is 1. The Morgan fingerprint density at radius 3 is 2.59 bits per heavy atom. The van der Waals surface area contributed by atoms with Crippen LogP contribution < -0.4 is 0 Å². The van der Waals surface area contributed by atoms with Gasteiger partial charge in [-0.05, 0) is 12.5 Å². The van der Waals surface area contributed by atoms with Crippen LogP contribution in [0.25, 0.3) is 0 Å². The third-order valence-corrected chi connectivity index (χ3v) is 3.81. The number of ether oxygens (including phenoxy) is 1. The Morgan fingerprint density at radius 2 is 1.95 bits per heavy atom. The van der Waals surface area contributed by atoms with Crippen LogP contribution in [-0.2, 0) is 4.74 Å². The van der Waals surface area contributed by atoms with Gasteiger partial charge < -0.3 is 4.74 Å². The summed E-state index contributed by atoms with van der Waals surface area (Å²) in [4.78, 5) is 24.7. The van der Waals surface area contributed by atoms with Crippen LogP contribution in [0.3, 0.4) is 0 Å². The van der Waals surface area contributed by atoms with Gasteiger partial charge in [-0.1, -0.05) is 30.3 Å². The summed E-state index contributed by atoms with van der Waals surface area (Å²) in [6.45, 7) is 1.81. The van der Waals surface area contributed by atoms with Crippen molar-refractivity contribution in [2.45, 2.75) is 13.0 Å². The molecule has 0 bridgehead atoms. The number of aromatic nitrogens is 3. The summed E-state index contributed by atoms with van der Waals surface area (Å²) in [5.74, 6) is -0.517. The molecular weight excluding hydrogens is 298 g/mol. The van der Waals surface area contributed by atoms with E-state index in [1.807, 2.05) is 42.6 Å². The van der Waals surface area contributed by atoms with Gasteiger partial charge in [0.25, 0.3) is 0 Å².